The van der Waals surface area contributed by atoms with Crippen LogP contribution in [0.3, 0.4) is 0 Å². The quantitative estimate of drug-likeness (QED) is 0.580. The molecular formula is C11H22N4. The van der Waals surface area contributed by atoms with E-state index >= 15 is 0 Å². The van der Waals surface area contributed by atoms with E-state index in [-0.39, 0.29) is 5.41 Å². The lowest BCUT2D eigenvalue weighted by Crippen LogP contribution is -2.44. The van der Waals surface area contributed by atoms with Crippen molar-refractivity contribution < 1.29 is 0 Å². The van der Waals surface area contributed by atoms with E-state index in [0.717, 1.165) is 12.8 Å². The van der Waals surface area contributed by atoms with Crippen molar-refractivity contribution in [2.75, 3.05) is 0 Å². The molecule has 0 aromatic carbocycles. The first kappa shape index (κ1) is 12.2. The second kappa shape index (κ2) is 4.77. The zero-order valence-corrected chi connectivity index (χ0v) is 10.1. The molecular weight excluding hydrogens is 188 g/mol. The molecule has 1 atom stereocenters. The van der Waals surface area contributed by atoms with Crippen molar-refractivity contribution in [3.63, 3.8) is 0 Å². The molecule has 1 unspecified atom stereocenters. The summed E-state index contributed by atoms with van der Waals surface area (Å²) in [6, 6.07) is 0.331. The van der Waals surface area contributed by atoms with Gasteiger partial charge < -0.3 is 0 Å². The number of aromatic nitrogens is 2. The second-order valence-corrected chi connectivity index (χ2v) is 5.15. The molecule has 0 radical (unpaired) electrons. The maximum atomic E-state index is 5.56. The Morgan fingerprint density at radius 1 is 1.53 bits per heavy atom. The van der Waals surface area contributed by atoms with Gasteiger partial charge in [-0.05, 0) is 23.8 Å². The SMILES string of the molecule is Cn1cc(CCC(NN)C(C)(C)C)cn1. The number of rotatable bonds is 4. The van der Waals surface area contributed by atoms with Crippen LogP contribution in [0.5, 0.6) is 0 Å². The van der Waals surface area contributed by atoms with Gasteiger partial charge in [0.2, 0.25) is 0 Å². The Hall–Kier alpha value is -0.870. The first-order chi connectivity index (χ1) is 6.93. The third kappa shape index (κ3) is 3.64. The van der Waals surface area contributed by atoms with Gasteiger partial charge >= 0.3 is 0 Å². The summed E-state index contributed by atoms with van der Waals surface area (Å²) in [6.45, 7) is 6.59. The summed E-state index contributed by atoms with van der Waals surface area (Å²) < 4.78 is 1.83. The van der Waals surface area contributed by atoms with E-state index in [1.54, 1.807) is 0 Å². The monoisotopic (exact) mass is 210 g/mol. The summed E-state index contributed by atoms with van der Waals surface area (Å²) in [4.78, 5) is 0. The van der Waals surface area contributed by atoms with E-state index in [2.05, 4.69) is 37.5 Å². The van der Waals surface area contributed by atoms with Gasteiger partial charge in [0.05, 0.1) is 6.20 Å². The molecule has 1 aromatic rings. The highest BCUT2D eigenvalue weighted by molar-refractivity contribution is 5.04. The average molecular weight is 210 g/mol. The molecule has 4 heteroatoms. The third-order valence-corrected chi connectivity index (χ3v) is 2.73. The topological polar surface area (TPSA) is 55.9 Å². The van der Waals surface area contributed by atoms with Crippen LogP contribution in [0.25, 0.3) is 0 Å². The van der Waals surface area contributed by atoms with Crippen LogP contribution in [0.1, 0.15) is 32.8 Å². The van der Waals surface area contributed by atoms with Crippen LogP contribution in [-0.4, -0.2) is 15.8 Å². The molecule has 1 aromatic heterocycles. The van der Waals surface area contributed by atoms with Gasteiger partial charge in [-0.3, -0.25) is 16.0 Å². The van der Waals surface area contributed by atoms with Crippen LogP contribution in [0.15, 0.2) is 12.4 Å². The maximum absolute atomic E-state index is 5.56. The van der Waals surface area contributed by atoms with Gasteiger partial charge in [-0.25, -0.2) is 0 Å². The standard InChI is InChI=1S/C11H22N4/c1-11(2,3)10(14-12)6-5-9-7-13-15(4)8-9/h7-8,10,14H,5-6,12H2,1-4H3. The molecule has 86 valence electrons. The first-order valence-electron chi connectivity index (χ1n) is 5.37. The van der Waals surface area contributed by atoms with Crippen LogP contribution in [0.4, 0.5) is 0 Å². The fourth-order valence-corrected chi connectivity index (χ4v) is 1.68. The van der Waals surface area contributed by atoms with E-state index in [4.69, 9.17) is 5.84 Å². The van der Waals surface area contributed by atoms with E-state index in [0.29, 0.717) is 6.04 Å². The molecule has 0 bridgehead atoms. The van der Waals surface area contributed by atoms with Gasteiger partial charge in [0.1, 0.15) is 0 Å². The lowest BCUT2D eigenvalue weighted by Gasteiger charge is -2.29. The second-order valence-electron chi connectivity index (χ2n) is 5.15. The highest BCUT2D eigenvalue weighted by Crippen LogP contribution is 2.22. The molecule has 15 heavy (non-hydrogen) atoms. The molecule has 0 amide bonds. The van der Waals surface area contributed by atoms with Gasteiger partial charge in [-0.2, -0.15) is 5.10 Å². The van der Waals surface area contributed by atoms with Crippen LogP contribution in [-0.2, 0) is 13.5 Å². The summed E-state index contributed by atoms with van der Waals surface area (Å²) >= 11 is 0. The minimum Gasteiger partial charge on any atom is -0.276 e. The van der Waals surface area contributed by atoms with E-state index < -0.39 is 0 Å². The summed E-state index contributed by atoms with van der Waals surface area (Å²) in [6.07, 6.45) is 6.01. The van der Waals surface area contributed by atoms with Gasteiger partial charge in [0, 0.05) is 19.3 Å². The van der Waals surface area contributed by atoms with Gasteiger partial charge in [-0.15, -0.1) is 0 Å². The summed E-state index contributed by atoms with van der Waals surface area (Å²) in [5, 5.41) is 4.15. The van der Waals surface area contributed by atoms with Crippen LogP contribution in [0, 0.1) is 5.41 Å². The van der Waals surface area contributed by atoms with Crippen molar-refractivity contribution >= 4 is 0 Å². The normalized spacial score (nSPS) is 14.2. The average Bonchev–Trinajstić information content (AvgIpc) is 2.50. The third-order valence-electron chi connectivity index (χ3n) is 2.73. The Bertz CT molecular complexity index is 298. The molecule has 0 spiro atoms. The largest absolute Gasteiger partial charge is 0.276 e. The summed E-state index contributed by atoms with van der Waals surface area (Å²) in [5.41, 5.74) is 4.35. The van der Waals surface area contributed by atoms with Crippen LogP contribution < -0.4 is 11.3 Å². The molecule has 3 N–H and O–H groups in total. The van der Waals surface area contributed by atoms with E-state index in [9.17, 15) is 0 Å². The Morgan fingerprint density at radius 2 is 2.20 bits per heavy atom. The molecule has 0 aliphatic heterocycles. The Morgan fingerprint density at radius 3 is 2.60 bits per heavy atom. The number of aryl methyl sites for hydroxylation is 2. The van der Waals surface area contributed by atoms with Crippen molar-refractivity contribution in [3.8, 4) is 0 Å². The summed E-state index contributed by atoms with van der Waals surface area (Å²) in [7, 11) is 1.94. The number of nitrogens with zero attached hydrogens (tertiary/aromatic N) is 2. The molecule has 0 fully saturated rings. The molecule has 0 aliphatic rings. The number of hydrogen-bond donors (Lipinski definition) is 2. The lowest BCUT2D eigenvalue weighted by molar-refractivity contribution is 0.257. The van der Waals surface area contributed by atoms with Crippen molar-refractivity contribution in [3.05, 3.63) is 18.0 Å². The van der Waals surface area contributed by atoms with Gasteiger partial charge in [0.25, 0.3) is 0 Å². The van der Waals surface area contributed by atoms with Gasteiger partial charge in [-0.1, -0.05) is 20.8 Å². The minimum atomic E-state index is 0.191. The first-order valence-corrected chi connectivity index (χ1v) is 5.37. The number of nitrogens with two attached hydrogens (primary N) is 1. The zero-order valence-electron chi connectivity index (χ0n) is 10.1. The molecule has 1 heterocycles. The Labute approximate surface area is 91.8 Å². The maximum Gasteiger partial charge on any atom is 0.0521 e. The van der Waals surface area contributed by atoms with E-state index in [1.165, 1.54) is 5.56 Å². The molecule has 0 saturated carbocycles. The predicted octanol–water partition coefficient (Wildman–Crippen LogP) is 1.23. The molecule has 4 nitrogen and oxygen atoms in total. The number of hydrogen-bond acceptors (Lipinski definition) is 3. The Balaban J connectivity index is 2.48. The summed E-state index contributed by atoms with van der Waals surface area (Å²) in [5.74, 6) is 5.56. The number of hydrazine groups is 1. The van der Waals surface area contributed by atoms with Crippen molar-refractivity contribution in [2.24, 2.45) is 18.3 Å². The highest BCUT2D eigenvalue weighted by Gasteiger charge is 2.22. The van der Waals surface area contributed by atoms with Crippen molar-refractivity contribution in [1.29, 1.82) is 0 Å². The fourth-order valence-electron chi connectivity index (χ4n) is 1.68. The number of nitrogens with one attached hydrogen (secondary N) is 1. The predicted molar refractivity (Wildman–Crippen MR) is 62.1 cm³/mol. The van der Waals surface area contributed by atoms with Crippen LogP contribution >= 0.6 is 0 Å². The minimum absolute atomic E-state index is 0.191. The van der Waals surface area contributed by atoms with Gasteiger partial charge in [0.15, 0.2) is 0 Å². The molecule has 0 aliphatic carbocycles. The highest BCUT2D eigenvalue weighted by atomic mass is 15.2. The van der Waals surface area contributed by atoms with Crippen LogP contribution in [0.2, 0.25) is 0 Å². The fraction of sp³-hybridized carbons (Fsp3) is 0.727. The van der Waals surface area contributed by atoms with E-state index in [1.807, 2.05) is 17.9 Å². The lowest BCUT2D eigenvalue weighted by atomic mass is 9.84. The Kier molecular flexibility index (Phi) is 3.88. The van der Waals surface area contributed by atoms with Crippen molar-refractivity contribution in [2.45, 2.75) is 39.7 Å². The van der Waals surface area contributed by atoms with Crippen molar-refractivity contribution in [1.82, 2.24) is 15.2 Å². The smallest absolute Gasteiger partial charge is 0.0521 e. The molecule has 0 saturated heterocycles. The molecule has 1 rings (SSSR count). The zero-order chi connectivity index (χ0) is 11.5.